The van der Waals surface area contributed by atoms with Crippen LogP contribution >= 0.6 is 0 Å². The van der Waals surface area contributed by atoms with Crippen LogP contribution in [0.5, 0.6) is 0 Å². The molecule has 2 aromatic heterocycles. The predicted molar refractivity (Wildman–Crippen MR) is 119 cm³/mol. The molecule has 0 aliphatic heterocycles. The van der Waals surface area contributed by atoms with Crippen molar-refractivity contribution in [2.75, 3.05) is 0 Å². The third-order valence-electron chi connectivity index (χ3n) is 7.59. The van der Waals surface area contributed by atoms with Crippen LogP contribution in [0.1, 0.15) is 49.0 Å². The zero-order chi connectivity index (χ0) is 25.7. The molecule has 0 atom stereocenters. The number of H-pyrrole nitrogens is 1. The van der Waals surface area contributed by atoms with Crippen molar-refractivity contribution in [2.45, 2.75) is 50.2 Å². The molecule has 10 heteroatoms. The maximum absolute atomic E-state index is 13.4. The highest BCUT2D eigenvalue weighted by Gasteiger charge is 2.52. The molecule has 1 amide bonds. The predicted octanol–water partition coefficient (Wildman–Crippen LogP) is 3.56. The minimum atomic E-state index is -5.19. The van der Waals surface area contributed by atoms with E-state index in [4.69, 9.17) is 9.90 Å². The number of rotatable bonds is 3. The van der Waals surface area contributed by atoms with Gasteiger partial charge in [-0.3, -0.25) is 4.79 Å². The van der Waals surface area contributed by atoms with Crippen molar-refractivity contribution in [3.05, 3.63) is 60.2 Å². The van der Waals surface area contributed by atoms with E-state index < -0.39 is 12.1 Å². The van der Waals surface area contributed by atoms with Crippen molar-refractivity contribution in [1.29, 1.82) is 0 Å². The van der Waals surface area contributed by atoms with Crippen LogP contribution in [0.4, 0.5) is 17.6 Å². The standard InChI is InChI=1S/C24H24FN3O.C2HF3O2/c25-19-6-4-18(5-7-19)22-26-21(20-3-1-2-8-28(20)22)23(29)27-24-12-15-9-16(13-24)11-17(10-15)14-24;3-2(4,5)1(6)7/h1-8,15-17H,9-14H2,(H,27,29);(H,6,7). The highest BCUT2D eigenvalue weighted by atomic mass is 19.4. The molecule has 0 spiro atoms. The fourth-order valence-corrected chi connectivity index (χ4v) is 6.64. The van der Waals surface area contributed by atoms with Gasteiger partial charge < -0.3 is 15.2 Å². The number of carboxylic acids is 1. The van der Waals surface area contributed by atoms with Gasteiger partial charge in [0.15, 0.2) is 5.52 Å². The van der Waals surface area contributed by atoms with Gasteiger partial charge in [-0.2, -0.15) is 17.6 Å². The molecule has 0 radical (unpaired) electrons. The first-order valence-electron chi connectivity index (χ1n) is 11.9. The Bertz CT molecular complexity index is 1260. The Morgan fingerprint density at radius 3 is 2.06 bits per heavy atom. The molecule has 0 saturated heterocycles. The maximum Gasteiger partial charge on any atom is 0.430 e. The third kappa shape index (κ3) is 4.68. The summed E-state index contributed by atoms with van der Waals surface area (Å²) in [5.74, 6) is -0.162. The van der Waals surface area contributed by atoms with Crippen LogP contribution in [0, 0.1) is 23.6 Å². The summed E-state index contributed by atoms with van der Waals surface area (Å²) in [6.45, 7) is 0. The summed E-state index contributed by atoms with van der Waals surface area (Å²) in [4.78, 5) is 25.5. The van der Waals surface area contributed by atoms with Crippen molar-refractivity contribution >= 4 is 17.4 Å². The van der Waals surface area contributed by atoms with Crippen molar-refractivity contribution in [3.63, 3.8) is 0 Å². The molecule has 3 aromatic rings. The quantitative estimate of drug-likeness (QED) is 0.423. The van der Waals surface area contributed by atoms with Gasteiger partial charge in [0.2, 0.25) is 5.69 Å². The van der Waals surface area contributed by atoms with Crippen LogP contribution in [0.3, 0.4) is 0 Å². The van der Waals surface area contributed by atoms with E-state index in [0.717, 1.165) is 53.9 Å². The summed E-state index contributed by atoms with van der Waals surface area (Å²) in [5, 5.41) is 12.2. The SMILES string of the molecule is O=C(NC12CC3CC(CC(C3)C1)C2)c1[nH]c(-c2ccc(F)cc2)[n+]2ccccc12.O=C([O-])C(F)(F)F. The molecule has 7 rings (SSSR count). The second-order valence-electron chi connectivity index (χ2n) is 10.2. The summed E-state index contributed by atoms with van der Waals surface area (Å²) in [6.07, 6.45) is 4.18. The number of pyridine rings is 1. The van der Waals surface area contributed by atoms with Crippen molar-refractivity contribution in [3.8, 4) is 11.4 Å². The van der Waals surface area contributed by atoms with E-state index in [1.807, 2.05) is 28.8 Å². The van der Waals surface area contributed by atoms with Gasteiger partial charge in [0.05, 0.1) is 11.8 Å². The van der Waals surface area contributed by atoms with Gasteiger partial charge in [0.1, 0.15) is 11.8 Å². The van der Waals surface area contributed by atoms with Crippen LogP contribution in [0.2, 0.25) is 0 Å². The number of carboxylic acid groups (broad SMARTS) is 1. The molecule has 4 aliphatic carbocycles. The average Bonchev–Trinajstić information content (AvgIpc) is 3.18. The van der Waals surface area contributed by atoms with E-state index in [1.165, 1.54) is 31.4 Å². The van der Waals surface area contributed by atoms with Gasteiger partial charge in [0.25, 0.3) is 11.7 Å². The molecule has 4 aliphatic rings. The number of alkyl halides is 3. The lowest BCUT2D eigenvalue weighted by molar-refractivity contribution is -0.498. The minimum Gasteiger partial charge on any atom is -0.542 e. The molecular formula is C26H25F4N3O3. The number of halogens is 4. The third-order valence-corrected chi connectivity index (χ3v) is 7.59. The van der Waals surface area contributed by atoms with Crippen LogP contribution in [-0.2, 0) is 4.79 Å². The molecule has 6 nitrogen and oxygen atoms in total. The van der Waals surface area contributed by atoms with Crippen molar-refractivity contribution < 1.29 is 36.7 Å². The highest BCUT2D eigenvalue weighted by Crippen LogP contribution is 2.55. The summed E-state index contributed by atoms with van der Waals surface area (Å²) in [7, 11) is 0. The lowest BCUT2D eigenvalue weighted by Crippen LogP contribution is -2.59. The Balaban J connectivity index is 0.000000338. The topological polar surface area (TPSA) is 89.1 Å². The Morgan fingerprint density at radius 2 is 1.53 bits per heavy atom. The van der Waals surface area contributed by atoms with Crippen LogP contribution < -0.4 is 14.8 Å². The summed E-state index contributed by atoms with van der Waals surface area (Å²) >= 11 is 0. The van der Waals surface area contributed by atoms with Gasteiger partial charge in [-0.05, 0) is 92.7 Å². The number of aromatic amines is 1. The molecule has 4 bridgehead atoms. The number of carbonyl (C=O) groups is 2. The first-order chi connectivity index (χ1) is 17.0. The van der Waals surface area contributed by atoms with Crippen LogP contribution in [0.25, 0.3) is 16.9 Å². The normalized spacial score (nSPS) is 26.4. The number of fused-ring (bicyclic) bond motifs is 1. The van der Waals surface area contributed by atoms with E-state index in [0.29, 0.717) is 5.69 Å². The second kappa shape index (κ2) is 8.90. The molecule has 36 heavy (non-hydrogen) atoms. The van der Waals surface area contributed by atoms with Crippen LogP contribution in [-0.4, -0.2) is 28.6 Å². The average molecular weight is 503 g/mol. The maximum atomic E-state index is 13.4. The Kier molecular flexibility index (Phi) is 6.00. The summed E-state index contributed by atoms with van der Waals surface area (Å²) in [5.41, 5.74) is 2.25. The van der Waals surface area contributed by atoms with E-state index in [2.05, 4.69) is 10.3 Å². The lowest BCUT2D eigenvalue weighted by atomic mass is 9.53. The number of hydrogen-bond acceptors (Lipinski definition) is 3. The van der Waals surface area contributed by atoms with E-state index in [1.54, 1.807) is 12.1 Å². The molecule has 1 aromatic carbocycles. The molecule has 2 N–H and O–H groups in total. The minimum absolute atomic E-state index is 0.0241. The summed E-state index contributed by atoms with van der Waals surface area (Å²) < 4.78 is 46.9. The fourth-order valence-electron chi connectivity index (χ4n) is 6.64. The van der Waals surface area contributed by atoms with E-state index in [9.17, 15) is 22.4 Å². The number of imidazole rings is 1. The number of aliphatic carboxylic acids is 1. The number of benzene rings is 1. The molecule has 0 unspecified atom stereocenters. The van der Waals surface area contributed by atoms with Gasteiger partial charge in [-0.1, -0.05) is 6.07 Å². The Morgan fingerprint density at radius 1 is 0.972 bits per heavy atom. The summed E-state index contributed by atoms with van der Waals surface area (Å²) in [6, 6.07) is 12.2. The highest BCUT2D eigenvalue weighted by molar-refractivity contribution is 5.99. The monoisotopic (exact) mass is 503 g/mol. The van der Waals surface area contributed by atoms with Gasteiger partial charge in [-0.15, -0.1) is 0 Å². The Labute approximate surface area is 204 Å². The number of aromatic nitrogens is 2. The number of nitrogens with zero attached hydrogens (tertiary/aromatic N) is 1. The molecule has 2 heterocycles. The number of carbonyl (C=O) groups excluding carboxylic acids is 2. The van der Waals surface area contributed by atoms with Crippen molar-refractivity contribution in [2.24, 2.45) is 17.8 Å². The van der Waals surface area contributed by atoms with E-state index in [-0.39, 0.29) is 17.3 Å². The first-order valence-corrected chi connectivity index (χ1v) is 11.9. The number of hydrogen-bond donors (Lipinski definition) is 2. The molecule has 190 valence electrons. The molecule has 4 saturated carbocycles. The zero-order valence-corrected chi connectivity index (χ0v) is 19.3. The molecule has 4 fully saturated rings. The van der Waals surface area contributed by atoms with E-state index >= 15 is 0 Å². The smallest absolute Gasteiger partial charge is 0.430 e. The number of amides is 1. The Hall–Kier alpha value is -3.43. The zero-order valence-electron chi connectivity index (χ0n) is 19.3. The fraction of sp³-hybridized carbons (Fsp3) is 0.423. The van der Waals surface area contributed by atoms with Gasteiger partial charge in [-0.25, -0.2) is 9.37 Å². The van der Waals surface area contributed by atoms with Crippen molar-refractivity contribution in [1.82, 2.24) is 10.3 Å². The first kappa shape index (κ1) is 24.3. The second-order valence-corrected chi connectivity index (χ2v) is 10.2. The van der Waals surface area contributed by atoms with Gasteiger partial charge >= 0.3 is 6.18 Å². The van der Waals surface area contributed by atoms with Gasteiger partial charge in [0, 0.05) is 5.54 Å². The number of nitrogens with one attached hydrogen (secondary N) is 2. The lowest BCUT2D eigenvalue weighted by Gasteiger charge is -2.56. The van der Waals surface area contributed by atoms with Crippen LogP contribution in [0.15, 0.2) is 48.7 Å². The molecular weight excluding hydrogens is 478 g/mol. The largest absolute Gasteiger partial charge is 0.542 e.